The number of fused-ring (bicyclic) bond motifs is 1. The van der Waals surface area contributed by atoms with Crippen molar-refractivity contribution in [2.45, 2.75) is 25.2 Å². The highest BCUT2D eigenvalue weighted by Gasteiger charge is 2.41. The lowest BCUT2D eigenvalue weighted by atomic mass is 9.81. The van der Waals surface area contributed by atoms with Crippen molar-refractivity contribution in [1.29, 1.82) is 0 Å². The SMILES string of the molecule is CC1(C(Cl)c2ccc3c(=O)n(Cc4ccc(OC(F)(F)F)cc4)c(=O)[nH]c3c2)COC1. The summed E-state index contributed by atoms with van der Waals surface area (Å²) in [5, 5.41) is -0.0340. The van der Waals surface area contributed by atoms with Gasteiger partial charge >= 0.3 is 12.1 Å². The summed E-state index contributed by atoms with van der Waals surface area (Å²) in [6.45, 7) is 2.96. The molecule has 164 valence electrons. The fraction of sp³-hybridized carbons (Fsp3) is 0.333. The smallest absolute Gasteiger partial charge is 0.406 e. The van der Waals surface area contributed by atoms with Crippen molar-refractivity contribution in [3.63, 3.8) is 0 Å². The fourth-order valence-electron chi connectivity index (χ4n) is 3.53. The van der Waals surface area contributed by atoms with Gasteiger partial charge in [-0.05, 0) is 35.4 Å². The molecule has 10 heteroatoms. The predicted molar refractivity (Wildman–Crippen MR) is 109 cm³/mol. The van der Waals surface area contributed by atoms with E-state index >= 15 is 0 Å². The Morgan fingerprint density at radius 3 is 2.45 bits per heavy atom. The minimum atomic E-state index is -4.79. The number of H-pyrrole nitrogens is 1. The molecular weight excluding hydrogens is 437 g/mol. The Morgan fingerprint density at radius 2 is 1.87 bits per heavy atom. The van der Waals surface area contributed by atoms with E-state index in [2.05, 4.69) is 9.72 Å². The first kappa shape index (κ1) is 21.5. The van der Waals surface area contributed by atoms with Gasteiger partial charge in [0.1, 0.15) is 5.75 Å². The minimum absolute atomic E-state index is 0.105. The number of ether oxygens (including phenoxy) is 2. The van der Waals surface area contributed by atoms with E-state index in [9.17, 15) is 22.8 Å². The maximum absolute atomic E-state index is 12.9. The molecule has 1 N–H and O–H groups in total. The van der Waals surface area contributed by atoms with Gasteiger partial charge in [0.25, 0.3) is 5.56 Å². The molecule has 1 saturated heterocycles. The first-order valence-corrected chi connectivity index (χ1v) is 9.83. The van der Waals surface area contributed by atoms with Crippen LogP contribution in [-0.4, -0.2) is 29.1 Å². The number of hydrogen-bond donors (Lipinski definition) is 1. The number of nitrogens with zero attached hydrogens (tertiary/aromatic N) is 1. The predicted octanol–water partition coefficient (Wildman–Crippen LogP) is 3.95. The summed E-state index contributed by atoms with van der Waals surface area (Å²) in [6, 6.07) is 10.0. The van der Waals surface area contributed by atoms with Crippen molar-refractivity contribution < 1.29 is 22.6 Å². The molecule has 0 radical (unpaired) electrons. The molecule has 2 heterocycles. The minimum Gasteiger partial charge on any atom is -0.406 e. The van der Waals surface area contributed by atoms with Crippen LogP contribution in [0.3, 0.4) is 0 Å². The third-order valence-corrected chi connectivity index (χ3v) is 6.05. The van der Waals surface area contributed by atoms with Crippen molar-refractivity contribution in [2.75, 3.05) is 13.2 Å². The molecule has 1 unspecified atom stereocenters. The van der Waals surface area contributed by atoms with E-state index in [0.29, 0.717) is 29.7 Å². The second-order valence-electron chi connectivity index (χ2n) is 7.83. The van der Waals surface area contributed by atoms with Crippen LogP contribution >= 0.6 is 11.6 Å². The number of hydrogen-bond acceptors (Lipinski definition) is 4. The molecule has 1 aromatic heterocycles. The van der Waals surface area contributed by atoms with Gasteiger partial charge in [0.2, 0.25) is 0 Å². The number of nitrogens with one attached hydrogen (secondary N) is 1. The van der Waals surface area contributed by atoms with Crippen LogP contribution in [0.15, 0.2) is 52.1 Å². The average Bonchev–Trinajstić information content (AvgIpc) is 2.68. The molecule has 0 spiro atoms. The molecule has 6 nitrogen and oxygen atoms in total. The Bertz CT molecular complexity index is 1230. The van der Waals surface area contributed by atoms with Crippen molar-refractivity contribution in [3.8, 4) is 5.75 Å². The lowest BCUT2D eigenvalue weighted by Crippen LogP contribution is -2.43. The maximum atomic E-state index is 12.9. The van der Waals surface area contributed by atoms with E-state index in [1.54, 1.807) is 18.2 Å². The largest absolute Gasteiger partial charge is 0.573 e. The van der Waals surface area contributed by atoms with E-state index in [1.807, 2.05) is 6.92 Å². The van der Waals surface area contributed by atoms with Crippen LogP contribution in [0.25, 0.3) is 10.9 Å². The molecule has 1 aliphatic rings. The van der Waals surface area contributed by atoms with Crippen LogP contribution in [0.5, 0.6) is 5.75 Å². The molecule has 1 aliphatic heterocycles. The highest BCUT2D eigenvalue weighted by Crippen LogP contribution is 2.44. The van der Waals surface area contributed by atoms with Gasteiger partial charge in [-0.1, -0.05) is 25.1 Å². The summed E-state index contributed by atoms with van der Waals surface area (Å²) >= 11 is 6.58. The van der Waals surface area contributed by atoms with E-state index in [4.69, 9.17) is 16.3 Å². The second-order valence-corrected chi connectivity index (χ2v) is 8.26. The quantitative estimate of drug-likeness (QED) is 0.592. The summed E-state index contributed by atoms with van der Waals surface area (Å²) in [7, 11) is 0. The molecule has 0 aliphatic carbocycles. The Morgan fingerprint density at radius 1 is 1.19 bits per heavy atom. The van der Waals surface area contributed by atoms with Crippen LogP contribution in [0.4, 0.5) is 13.2 Å². The van der Waals surface area contributed by atoms with E-state index in [0.717, 1.165) is 22.3 Å². The molecule has 31 heavy (non-hydrogen) atoms. The summed E-state index contributed by atoms with van der Waals surface area (Å²) in [6.07, 6.45) is -4.79. The Balaban J connectivity index is 1.63. The van der Waals surface area contributed by atoms with Gasteiger partial charge in [0, 0.05) is 5.41 Å². The molecule has 0 amide bonds. The van der Waals surface area contributed by atoms with Gasteiger partial charge in [0.15, 0.2) is 0 Å². The normalized spacial score (nSPS) is 16.7. The van der Waals surface area contributed by atoms with Crippen molar-refractivity contribution in [3.05, 3.63) is 74.4 Å². The lowest BCUT2D eigenvalue weighted by molar-refractivity contribution is -0.274. The third-order valence-electron chi connectivity index (χ3n) is 5.27. The van der Waals surface area contributed by atoms with Crippen LogP contribution in [-0.2, 0) is 11.3 Å². The van der Waals surface area contributed by atoms with Crippen molar-refractivity contribution >= 4 is 22.5 Å². The zero-order chi connectivity index (χ0) is 22.4. The third kappa shape index (κ3) is 4.33. The van der Waals surface area contributed by atoms with E-state index in [1.165, 1.54) is 12.1 Å². The number of halogens is 4. The summed E-state index contributed by atoms with van der Waals surface area (Å²) in [4.78, 5) is 28.1. The van der Waals surface area contributed by atoms with Gasteiger partial charge < -0.3 is 14.5 Å². The average molecular weight is 455 g/mol. The Hall–Kier alpha value is -2.78. The molecule has 0 bridgehead atoms. The highest BCUT2D eigenvalue weighted by atomic mass is 35.5. The summed E-state index contributed by atoms with van der Waals surface area (Å²) in [5.41, 5.74) is 0.254. The molecule has 1 fully saturated rings. The molecule has 1 atom stereocenters. The highest BCUT2D eigenvalue weighted by molar-refractivity contribution is 6.21. The molecule has 3 aromatic rings. The van der Waals surface area contributed by atoms with Gasteiger partial charge in [0.05, 0.1) is 36.0 Å². The van der Waals surface area contributed by atoms with E-state index in [-0.39, 0.29) is 23.1 Å². The summed E-state index contributed by atoms with van der Waals surface area (Å²) in [5.74, 6) is -0.385. The Kier molecular flexibility index (Phi) is 5.35. The van der Waals surface area contributed by atoms with Crippen molar-refractivity contribution in [1.82, 2.24) is 9.55 Å². The molecular formula is C21H18ClF3N2O4. The first-order valence-electron chi connectivity index (χ1n) is 9.39. The molecule has 0 saturated carbocycles. The fourth-order valence-corrected chi connectivity index (χ4v) is 3.79. The number of rotatable bonds is 5. The van der Waals surface area contributed by atoms with Crippen LogP contribution in [0.1, 0.15) is 23.4 Å². The van der Waals surface area contributed by atoms with Crippen LogP contribution in [0.2, 0.25) is 0 Å². The van der Waals surface area contributed by atoms with Crippen molar-refractivity contribution in [2.24, 2.45) is 5.41 Å². The first-order chi connectivity index (χ1) is 14.6. The maximum Gasteiger partial charge on any atom is 0.573 e. The van der Waals surface area contributed by atoms with Gasteiger partial charge in [-0.2, -0.15) is 0 Å². The zero-order valence-corrected chi connectivity index (χ0v) is 17.1. The van der Waals surface area contributed by atoms with Crippen LogP contribution in [0, 0.1) is 5.41 Å². The number of benzene rings is 2. The van der Waals surface area contributed by atoms with Gasteiger partial charge in [-0.3, -0.25) is 9.36 Å². The monoisotopic (exact) mass is 454 g/mol. The number of aromatic amines is 1. The number of aromatic nitrogens is 2. The van der Waals surface area contributed by atoms with Gasteiger partial charge in [-0.25, -0.2) is 4.79 Å². The summed E-state index contributed by atoms with van der Waals surface area (Å²) < 4.78 is 46.9. The standard InChI is InChI=1S/C21H18ClF3N2O4/c1-20(10-30-11-20)17(22)13-4-7-15-16(8-13)26-19(29)27(18(15)28)9-12-2-5-14(6-3-12)31-21(23,24)25/h2-8,17H,9-11H2,1H3,(H,26,29). The lowest BCUT2D eigenvalue weighted by Gasteiger charge is -2.41. The van der Waals surface area contributed by atoms with E-state index < -0.39 is 17.6 Å². The topological polar surface area (TPSA) is 73.3 Å². The zero-order valence-electron chi connectivity index (χ0n) is 16.3. The Labute approximate surface area is 179 Å². The number of alkyl halides is 4. The molecule has 4 rings (SSSR count). The van der Waals surface area contributed by atoms with Crippen LogP contribution < -0.4 is 16.0 Å². The second kappa shape index (κ2) is 7.72. The van der Waals surface area contributed by atoms with Gasteiger partial charge in [-0.15, -0.1) is 24.8 Å². The molecule has 2 aromatic carbocycles.